The molecule has 0 saturated heterocycles. The Morgan fingerprint density at radius 3 is 2.23 bits per heavy atom. The molecule has 0 aliphatic carbocycles. The van der Waals surface area contributed by atoms with E-state index in [4.69, 9.17) is 4.74 Å². The van der Waals surface area contributed by atoms with Gasteiger partial charge in [0.05, 0.1) is 17.0 Å². The normalized spacial score (nSPS) is 11.6. The van der Waals surface area contributed by atoms with Gasteiger partial charge >= 0.3 is 5.97 Å². The lowest BCUT2D eigenvalue weighted by Gasteiger charge is -2.18. The molecule has 35 heavy (non-hydrogen) atoms. The Balaban J connectivity index is 1.92. The molecule has 186 valence electrons. The molecule has 0 atom stereocenters. The highest BCUT2D eigenvalue weighted by molar-refractivity contribution is 7.89. The van der Waals surface area contributed by atoms with E-state index in [-0.39, 0.29) is 28.0 Å². The molecule has 1 heterocycles. The molecule has 3 rings (SSSR count). The highest BCUT2D eigenvalue weighted by atomic mass is 32.2. The Morgan fingerprint density at radius 1 is 1.00 bits per heavy atom. The summed E-state index contributed by atoms with van der Waals surface area (Å²) >= 11 is 0. The number of esters is 1. The highest BCUT2D eigenvalue weighted by Gasteiger charge is 2.22. The van der Waals surface area contributed by atoms with Crippen LogP contribution in [-0.4, -0.2) is 48.9 Å². The van der Waals surface area contributed by atoms with E-state index in [1.807, 2.05) is 6.92 Å². The number of aromatic nitrogens is 1. The third kappa shape index (κ3) is 5.28. The smallest absolute Gasteiger partial charge is 0.343 e. The number of ether oxygens (including phenoxy) is 1. The number of rotatable bonds is 9. The molecule has 0 aliphatic heterocycles. The molecule has 1 aromatic heterocycles. The lowest BCUT2D eigenvalue weighted by Crippen LogP contribution is -2.30. The molecule has 0 unspecified atom stereocenters. The van der Waals surface area contributed by atoms with Crippen LogP contribution in [0.4, 0.5) is 5.69 Å². The predicted molar refractivity (Wildman–Crippen MR) is 134 cm³/mol. The van der Waals surface area contributed by atoms with Crippen LogP contribution in [0.1, 0.15) is 48.4 Å². The fourth-order valence-electron chi connectivity index (χ4n) is 3.79. The van der Waals surface area contributed by atoms with Gasteiger partial charge in [0.1, 0.15) is 5.56 Å². The van der Waals surface area contributed by atoms with E-state index in [2.05, 4.69) is 5.32 Å². The van der Waals surface area contributed by atoms with Crippen LogP contribution in [0.5, 0.6) is 0 Å². The summed E-state index contributed by atoms with van der Waals surface area (Å²) in [6.45, 7) is 8.44. The van der Waals surface area contributed by atoms with Crippen molar-refractivity contribution in [2.24, 2.45) is 0 Å². The third-order valence-corrected chi connectivity index (χ3v) is 7.70. The lowest BCUT2D eigenvalue weighted by atomic mass is 10.1. The van der Waals surface area contributed by atoms with E-state index < -0.39 is 27.3 Å². The fourth-order valence-corrected chi connectivity index (χ4v) is 5.24. The monoisotopic (exact) mass is 499 g/mol. The maximum absolute atomic E-state index is 13.0. The molecule has 1 amide bonds. The number of pyridine rings is 1. The summed E-state index contributed by atoms with van der Waals surface area (Å²) in [5, 5.41) is 3.00. The van der Waals surface area contributed by atoms with Gasteiger partial charge in [-0.2, -0.15) is 4.31 Å². The minimum atomic E-state index is -3.63. The first-order chi connectivity index (χ1) is 16.7. The highest BCUT2D eigenvalue weighted by Crippen LogP contribution is 2.20. The number of anilines is 1. The summed E-state index contributed by atoms with van der Waals surface area (Å²) in [5.41, 5.74) is 0.687. The van der Waals surface area contributed by atoms with Crippen LogP contribution in [0.15, 0.2) is 58.4 Å². The van der Waals surface area contributed by atoms with E-state index in [9.17, 15) is 22.8 Å². The van der Waals surface area contributed by atoms with Crippen molar-refractivity contribution >= 4 is 38.5 Å². The van der Waals surface area contributed by atoms with Crippen molar-refractivity contribution in [2.75, 3.05) is 25.0 Å². The lowest BCUT2D eigenvalue weighted by molar-refractivity contribution is 0.0524. The van der Waals surface area contributed by atoms with Crippen molar-refractivity contribution in [3.05, 3.63) is 70.0 Å². The van der Waals surface area contributed by atoms with Crippen molar-refractivity contribution in [2.45, 2.75) is 39.1 Å². The first-order valence-corrected chi connectivity index (χ1v) is 12.9. The van der Waals surface area contributed by atoms with Gasteiger partial charge in [-0.3, -0.25) is 9.59 Å². The maximum atomic E-state index is 13.0. The molecule has 9 nitrogen and oxygen atoms in total. The molecule has 0 radical (unpaired) electrons. The summed E-state index contributed by atoms with van der Waals surface area (Å²) in [6.07, 6.45) is 1.48. The number of nitrogens with zero attached hydrogens (tertiary/aromatic N) is 2. The third-order valence-electron chi connectivity index (χ3n) is 5.63. The molecule has 0 aliphatic rings. The van der Waals surface area contributed by atoms with Crippen molar-refractivity contribution in [1.29, 1.82) is 0 Å². The standard InChI is InChI=1S/C25H29N3O6S/c1-5-27-16-21(25(31)34-8-4)23(29)20-15-18(11-14-22(20)27)26-24(30)17-9-12-19(13-10-17)35(32,33)28(6-2)7-3/h9-16H,5-8H2,1-4H3,(H,26,30). The van der Waals surface area contributed by atoms with Crippen LogP contribution >= 0.6 is 0 Å². The summed E-state index contributed by atoms with van der Waals surface area (Å²) in [4.78, 5) is 38.1. The van der Waals surface area contributed by atoms with Crippen LogP contribution in [0.2, 0.25) is 0 Å². The molecule has 2 aromatic carbocycles. The van der Waals surface area contributed by atoms with E-state index in [0.29, 0.717) is 30.8 Å². The van der Waals surface area contributed by atoms with E-state index in [1.165, 1.54) is 40.8 Å². The maximum Gasteiger partial charge on any atom is 0.343 e. The molecule has 0 fully saturated rings. The Kier molecular flexibility index (Phi) is 8.08. The van der Waals surface area contributed by atoms with Crippen molar-refractivity contribution in [3.63, 3.8) is 0 Å². The zero-order valence-corrected chi connectivity index (χ0v) is 21.0. The summed E-state index contributed by atoms with van der Waals surface area (Å²) in [6, 6.07) is 10.6. The van der Waals surface area contributed by atoms with Gasteiger partial charge in [0, 0.05) is 42.5 Å². The number of benzene rings is 2. The summed E-state index contributed by atoms with van der Waals surface area (Å²) in [5.74, 6) is -1.16. The molecule has 1 N–H and O–H groups in total. The number of amides is 1. The molecular formula is C25H29N3O6S. The van der Waals surface area contributed by atoms with Gasteiger partial charge in [-0.1, -0.05) is 13.8 Å². The molecule has 0 bridgehead atoms. The summed E-state index contributed by atoms with van der Waals surface area (Å²) < 4.78 is 33.4. The Labute approximate surface area is 204 Å². The van der Waals surface area contributed by atoms with Crippen molar-refractivity contribution < 1.29 is 22.7 Å². The number of carbonyl (C=O) groups is 2. The first-order valence-electron chi connectivity index (χ1n) is 11.4. The molecule has 0 saturated carbocycles. The van der Waals surface area contributed by atoms with Gasteiger partial charge in [0.25, 0.3) is 5.91 Å². The number of carbonyl (C=O) groups excluding carboxylic acids is 2. The first kappa shape index (κ1) is 26.1. The zero-order valence-electron chi connectivity index (χ0n) is 20.2. The molecule has 3 aromatic rings. The number of sulfonamides is 1. The zero-order chi connectivity index (χ0) is 25.8. The van der Waals surface area contributed by atoms with Crippen LogP contribution in [0.3, 0.4) is 0 Å². The Hall–Kier alpha value is -3.50. The number of aryl methyl sites for hydroxylation is 1. The molecule has 10 heteroatoms. The SMILES string of the molecule is CCOC(=O)c1cn(CC)c2ccc(NC(=O)c3ccc(S(=O)(=O)N(CC)CC)cc3)cc2c1=O. The minimum Gasteiger partial charge on any atom is -0.462 e. The minimum absolute atomic E-state index is 0.0744. The second-order valence-corrected chi connectivity index (χ2v) is 9.62. The van der Waals surface area contributed by atoms with E-state index >= 15 is 0 Å². The number of hydrogen-bond acceptors (Lipinski definition) is 6. The fraction of sp³-hybridized carbons (Fsp3) is 0.320. The number of hydrogen-bond donors (Lipinski definition) is 1. The van der Waals surface area contributed by atoms with Gasteiger partial charge < -0.3 is 14.6 Å². The van der Waals surface area contributed by atoms with Crippen LogP contribution in [0, 0.1) is 0 Å². The van der Waals surface area contributed by atoms with Gasteiger partial charge in [0.15, 0.2) is 0 Å². The molecular weight excluding hydrogens is 470 g/mol. The van der Waals surface area contributed by atoms with Crippen molar-refractivity contribution in [1.82, 2.24) is 8.87 Å². The van der Waals surface area contributed by atoms with Gasteiger partial charge in [-0.25, -0.2) is 13.2 Å². The Morgan fingerprint density at radius 2 is 1.66 bits per heavy atom. The summed E-state index contributed by atoms with van der Waals surface area (Å²) in [7, 11) is -3.63. The van der Waals surface area contributed by atoms with E-state index in [0.717, 1.165) is 0 Å². The number of fused-ring (bicyclic) bond motifs is 1. The predicted octanol–water partition coefficient (Wildman–Crippen LogP) is 3.48. The van der Waals surface area contributed by atoms with Gasteiger partial charge in [0.2, 0.25) is 15.5 Å². The second-order valence-electron chi connectivity index (χ2n) is 7.68. The van der Waals surface area contributed by atoms with Crippen LogP contribution in [-0.2, 0) is 21.3 Å². The van der Waals surface area contributed by atoms with Crippen LogP contribution in [0.25, 0.3) is 10.9 Å². The van der Waals surface area contributed by atoms with Crippen molar-refractivity contribution in [3.8, 4) is 0 Å². The van der Waals surface area contributed by atoms with E-state index in [1.54, 1.807) is 37.5 Å². The topological polar surface area (TPSA) is 115 Å². The Bertz CT molecular complexity index is 1410. The number of nitrogens with one attached hydrogen (secondary N) is 1. The average molecular weight is 500 g/mol. The molecule has 0 spiro atoms. The quantitative estimate of drug-likeness (QED) is 0.451. The van der Waals surface area contributed by atoms with Gasteiger partial charge in [-0.15, -0.1) is 0 Å². The average Bonchev–Trinajstić information content (AvgIpc) is 2.85. The second kappa shape index (κ2) is 10.8. The van der Waals surface area contributed by atoms with Crippen LogP contribution < -0.4 is 10.7 Å². The van der Waals surface area contributed by atoms with Gasteiger partial charge in [-0.05, 0) is 56.3 Å². The largest absolute Gasteiger partial charge is 0.462 e.